The van der Waals surface area contributed by atoms with Crippen molar-refractivity contribution in [3.63, 3.8) is 0 Å². The molecule has 19 heavy (non-hydrogen) atoms. The van der Waals surface area contributed by atoms with Gasteiger partial charge in [-0.3, -0.25) is 0 Å². The number of nitrogen functional groups attached to an aromatic ring is 1. The summed E-state index contributed by atoms with van der Waals surface area (Å²) in [4.78, 5) is 0.000895. The number of halogens is 1. The fourth-order valence-electron chi connectivity index (χ4n) is 1.64. The van der Waals surface area contributed by atoms with Crippen LogP contribution in [0.15, 0.2) is 17.0 Å². The number of benzene rings is 1. The summed E-state index contributed by atoms with van der Waals surface area (Å²) in [6.45, 7) is 4.00. The van der Waals surface area contributed by atoms with Crippen LogP contribution in [-0.2, 0) is 10.0 Å². The maximum atomic E-state index is 12.5. The maximum Gasteiger partial charge on any atom is 0.245 e. The molecule has 0 atom stereocenters. The van der Waals surface area contributed by atoms with Crippen molar-refractivity contribution >= 4 is 27.3 Å². The molecule has 0 spiro atoms. The van der Waals surface area contributed by atoms with Gasteiger partial charge < -0.3 is 5.73 Å². The Morgan fingerprint density at radius 2 is 2.11 bits per heavy atom. The van der Waals surface area contributed by atoms with Gasteiger partial charge in [-0.25, -0.2) is 8.42 Å². The summed E-state index contributed by atoms with van der Waals surface area (Å²) in [5, 5.41) is 0.157. The van der Waals surface area contributed by atoms with E-state index in [1.807, 2.05) is 6.92 Å². The van der Waals surface area contributed by atoms with Crippen molar-refractivity contribution in [3.8, 4) is 12.3 Å². The SMILES string of the molecule is C#CCN(CCC)S(=O)(=O)c1cc(N)c(C)cc1Cl. The minimum Gasteiger partial charge on any atom is -0.398 e. The van der Waals surface area contributed by atoms with Gasteiger partial charge >= 0.3 is 0 Å². The van der Waals surface area contributed by atoms with E-state index in [4.69, 9.17) is 23.8 Å². The lowest BCUT2D eigenvalue weighted by atomic mass is 10.2. The summed E-state index contributed by atoms with van der Waals surface area (Å²) >= 11 is 6.02. The molecule has 0 fully saturated rings. The molecule has 0 aliphatic heterocycles. The minimum atomic E-state index is -3.72. The molecule has 0 heterocycles. The molecule has 1 aromatic rings. The zero-order valence-corrected chi connectivity index (χ0v) is 12.6. The molecule has 104 valence electrons. The topological polar surface area (TPSA) is 63.4 Å². The molecule has 0 aliphatic carbocycles. The summed E-state index contributed by atoms with van der Waals surface area (Å²) in [6.07, 6.45) is 5.88. The first-order chi connectivity index (χ1) is 8.84. The first kappa shape index (κ1) is 15.8. The summed E-state index contributed by atoms with van der Waals surface area (Å²) < 4.78 is 26.2. The quantitative estimate of drug-likeness (QED) is 0.670. The van der Waals surface area contributed by atoms with Gasteiger partial charge in [0.05, 0.1) is 11.6 Å². The molecule has 0 radical (unpaired) electrons. The van der Waals surface area contributed by atoms with Crippen molar-refractivity contribution in [2.24, 2.45) is 0 Å². The first-order valence-electron chi connectivity index (χ1n) is 5.83. The molecular formula is C13H17ClN2O2S. The molecule has 0 bridgehead atoms. The number of anilines is 1. The van der Waals surface area contributed by atoms with Crippen LogP contribution < -0.4 is 5.73 Å². The Kier molecular flexibility index (Phi) is 5.24. The second kappa shape index (κ2) is 6.29. The van der Waals surface area contributed by atoms with Crippen molar-refractivity contribution in [2.75, 3.05) is 18.8 Å². The number of nitrogens with zero attached hydrogens (tertiary/aromatic N) is 1. The van der Waals surface area contributed by atoms with E-state index in [0.29, 0.717) is 18.7 Å². The second-order valence-corrected chi connectivity index (χ2v) is 6.50. The van der Waals surface area contributed by atoms with Crippen LogP contribution in [0.5, 0.6) is 0 Å². The van der Waals surface area contributed by atoms with Crippen LogP contribution in [0.4, 0.5) is 5.69 Å². The Balaban J connectivity index is 3.33. The highest BCUT2D eigenvalue weighted by Gasteiger charge is 2.26. The third-order valence-corrected chi connectivity index (χ3v) is 4.99. The van der Waals surface area contributed by atoms with E-state index in [0.717, 1.165) is 5.56 Å². The van der Waals surface area contributed by atoms with Crippen LogP contribution in [0.25, 0.3) is 0 Å². The van der Waals surface area contributed by atoms with Crippen LogP contribution in [0.3, 0.4) is 0 Å². The van der Waals surface area contributed by atoms with E-state index >= 15 is 0 Å². The van der Waals surface area contributed by atoms with Crippen molar-refractivity contribution < 1.29 is 8.42 Å². The van der Waals surface area contributed by atoms with E-state index in [2.05, 4.69) is 5.92 Å². The highest BCUT2D eigenvalue weighted by Crippen LogP contribution is 2.29. The molecule has 0 unspecified atom stereocenters. The largest absolute Gasteiger partial charge is 0.398 e. The fraction of sp³-hybridized carbons (Fsp3) is 0.385. The smallest absolute Gasteiger partial charge is 0.245 e. The van der Waals surface area contributed by atoms with Crippen LogP contribution in [0, 0.1) is 19.3 Å². The Bertz CT molecular complexity index is 606. The van der Waals surface area contributed by atoms with Crippen LogP contribution in [0.2, 0.25) is 5.02 Å². The fourth-order valence-corrected chi connectivity index (χ4v) is 3.68. The van der Waals surface area contributed by atoms with E-state index in [1.54, 1.807) is 13.0 Å². The zero-order valence-electron chi connectivity index (χ0n) is 11.0. The van der Waals surface area contributed by atoms with Crippen LogP contribution in [0.1, 0.15) is 18.9 Å². The summed E-state index contributed by atoms with van der Waals surface area (Å²) in [5.41, 5.74) is 6.88. The van der Waals surface area contributed by atoms with Crippen molar-refractivity contribution in [1.82, 2.24) is 4.31 Å². The van der Waals surface area contributed by atoms with Crippen LogP contribution >= 0.6 is 11.6 Å². The number of hydrogen-bond donors (Lipinski definition) is 1. The predicted molar refractivity (Wildman–Crippen MR) is 78.5 cm³/mol. The molecule has 1 rings (SSSR count). The average Bonchev–Trinajstić information content (AvgIpc) is 2.33. The molecule has 0 aliphatic rings. The lowest BCUT2D eigenvalue weighted by molar-refractivity contribution is 0.446. The molecule has 4 nitrogen and oxygen atoms in total. The third-order valence-electron chi connectivity index (χ3n) is 2.68. The van der Waals surface area contributed by atoms with Gasteiger partial charge in [-0.2, -0.15) is 4.31 Å². The second-order valence-electron chi connectivity index (χ2n) is 4.18. The Hall–Kier alpha value is -1.22. The normalized spacial score (nSPS) is 11.5. The van der Waals surface area contributed by atoms with Gasteiger partial charge in [-0.05, 0) is 31.0 Å². The molecule has 0 saturated carbocycles. The molecule has 0 saturated heterocycles. The lowest BCUT2D eigenvalue weighted by Crippen LogP contribution is -2.32. The minimum absolute atomic E-state index is 0.000895. The van der Waals surface area contributed by atoms with Gasteiger partial charge in [-0.1, -0.05) is 24.4 Å². The van der Waals surface area contributed by atoms with Gasteiger partial charge in [0, 0.05) is 12.2 Å². The van der Waals surface area contributed by atoms with Gasteiger partial charge in [-0.15, -0.1) is 6.42 Å². The van der Waals surface area contributed by atoms with Crippen molar-refractivity contribution in [3.05, 3.63) is 22.7 Å². The molecular weight excluding hydrogens is 284 g/mol. The van der Waals surface area contributed by atoms with E-state index < -0.39 is 10.0 Å². The van der Waals surface area contributed by atoms with Crippen molar-refractivity contribution in [2.45, 2.75) is 25.2 Å². The summed E-state index contributed by atoms with van der Waals surface area (Å²) in [5.74, 6) is 2.35. The third kappa shape index (κ3) is 3.41. The van der Waals surface area contributed by atoms with E-state index in [9.17, 15) is 8.42 Å². The summed E-state index contributed by atoms with van der Waals surface area (Å²) in [7, 11) is -3.72. The Morgan fingerprint density at radius 3 is 2.63 bits per heavy atom. The van der Waals surface area contributed by atoms with Gasteiger partial charge in [0.15, 0.2) is 0 Å². The Labute approximate surface area is 119 Å². The van der Waals surface area contributed by atoms with Crippen molar-refractivity contribution in [1.29, 1.82) is 0 Å². The monoisotopic (exact) mass is 300 g/mol. The molecule has 1 aromatic carbocycles. The number of sulfonamides is 1. The molecule has 2 N–H and O–H groups in total. The zero-order chi connectivity index (χ0) is 14.6. The number of rotatable bonds is 5. The highest BCUT2D eigenvalue weighted by molar-refractivity contribution is 7.89. The van der Waals surface area contributed by atoms with E-state index in [-0.39, 0.29) is 16.5 Å². The first-order valence-corrected chi connectivity index (χ1v) is 7.65. The average molecular weight is 301 g/mol. The molecule has 0 amide bonds. The summed E-state index contributed by atoms with van der Waals surface area (Å²) in [6, 6.07) is 2.93. The lowest BCUT2D eigenvalue weighted by Gasteiger charge is -2.20. The number of terminal acetylenes is 1. The molecule has 6 heteroatoms. The van der Waals surface area contributed by atoms with Gasteiger partial charge in [0.1, 0.15) is 4.90 Å². The maximum absolute atomic E-state index is 12.5. The van der Waals surface area contributed by atoms with E-state index in [1.165, 1.54) is 10.4 Å². The highest BCUT2D eigenvalue weighted by atomic mass is 35.5. The molecule has 0 aromatic heterocycles. The number of aryl methyl sites for hydroxylation is 1. The Morgan fingerprint density at radius 1 is 1.47 bits per heavy atom. The standard InChI is InChI=1S/C13H17ClN2O2S/c1-4-6-16(7-5-2)19(17,18)13-9-12(15)10(3)8-11(13)14/h1,8-9H,5-7,15H2,2-3H3. The van der Waals surface area contributed by atoms with Gasteiger partial charge in [0.25, 0.3) is 0 Å². The predicted octanol–water partition coefficient (Wildman–Crippen LogP) is 2.26. The van der Waals surface area contributed by atoms with Crippen LogP contribution in [-0.4, -0.2) is 25.8 Å². The number of nitrogens with two attached hydrogens (primary N) is 1. The van der Waals surface area contributed by atoms with Gasteiger partial charge in [0.2, 0.25) is 10.0 Å². The number of hydrogen-bond acceptors (Lipinski definition) is 3.